The second-order valence-electron chi connectivity index (χ2n) is 4.71. The standard InChI is InChI=1S/C16H24O3/c1-3-5-6-7-8-13-9-11-14(12-10-13)15(17)16(18)19-4-2/h9-12,15,17H,3-8H2,1-2H3. The highest BCUT2D eigenvalue weighted by atomic mass is 16.5. The van der Waals surface area contributed by atoms with Crippen molar-refractivity contribution in [3.63, 3.8) is 0 Å². The van der Waals surface area contributed by atoms with Crippen LogP contribution >= 0.6 is 0 Å². The van der Waals surface area contributed by atoms with E-state index in [9.17, 15) is 9.90 Å². The van der Waals surface area contributed by atoms with E-state index >= 15 is 0 Å². The van der Waals surface area contributed by atoms with Crippen LogP contribution < -0.4 is 0 Å². The summed E-state index contributed by atoms with van der Waals surface area (Å²) in [6.07, 6.45) is 4.84. The molecule has 0 aliphatic carbocycles. The number of carbonyl (C=O) groups is 1. The molecule has 1 rings (SSSR count). The quantitative estimate of drug-likeness (QED) is 0.578. The van der Waals surface area contributed by atoms with Gasteiger partial charge in [-0.3, -0.25) is 0 Å². The van der Waals surface area contributed by atoms with Crippen LogP contribution in [0.2, 0.25) is 0 Å². The lowest BCUT2D eigenvalue weighted by molar-refractivity contribution is -0.153. The number of esters is 1. The van der Waals surface area contributed by atoms with Crippen molar-refractivity contribution in [3.05, 3.63) is 35.4 Å². The van der Waals surface area contributed by atoms with Gasteiger partial charge in [-0.2, -0.15) is 0 Å². The van der Waals surface area contributed by atoms with Gasteiger partial charge in [-0.05, 0) is 30.9 Å². The SMILES string of the molecule is CCCCCCc1ccc(C(O)C(=O)OCC)cc1. The number of aliphatic hydroxyl groups is 1. The molecule has 106 valence electrons. The molecule has 0 aliphatic rings. The molecule has 1 atom stereocenters. The van der Waals surface area contributed by atoms with Gasteiger partial charge in [0.15, 0.2) is 6.10 Å². The zero-order chi connectivity index (χ0) is 14.1. The second-order valence-corrected chi connectivity index (χ2v) is 4.71. The molecule has 1 unspecified atom stereocenters. The van der Waals surface area contributed by atoms with Gasteiger partial charge in [0.25, 0.3) is 0 Å². The van der Waals surface area contributed by atoms with Crippen molar-refractivity contribution in [3.8, 4) is 0 Å². The van der Waals surface area contributed by atoms with Crippen LogP contribution in [0.1, 0.15) is 56.8 Å². The minimum absolute atomic E-state index is 0.283. The molecule has 1 N–H and O–H groups in total. The topological polar surface area (TPSA) is 46.5 Å². The molecule has 0 saturated heterocycles. The fourth-order valence-corrected chi connectivity index (χ4v) is 1.98. The predicted octanol–water partition coefficient (Wildman–Crippen LogP) is 3.41. The van der Waals surface area contributed by atoms with Crippen LogP contribution in [0.15, 0.2) is 24.3 Å². The normalized spacial score (nSPS) is 12.2. The van der Waals surface area contributed by atoms with Gasteiger partial charge in [-0.15, -0.1) is 0 Å². The van der Waals surface area contributed by atoms with Gasteiger partial charge in [-0.1, -0.05) is 50.5 Å². The van der Waals surface area contributed by atoms with Crippen molar-refractivity contribution in [1.82, 2.24) is 0 Å². The summed E-state index contributed by atoms with van der Waals surface area (Å²) in [6, 6.07) is 7.56. The van der Waals surface area contributed by atoms with E-state index in [4.69, 9.17) is 4.74 Å². The zero-order valence-electron chi connectivity index (χ0n) is 11.9. The Labute approximate surface area is 115 Å². The molecule has 0 bridgehead atoms. The molecule has 0 amide bonds. The summed E-state index contributed by atoms with van der Waals surface area (Å²) in [7, 11) is 0. The lowest BCUT2D eigenvalue weighted by Gasteiger charge is -2.10. The molecule has 0 heterocycles. The van der Waals surface area contributed by atoms with E-state index in [1.807, 2.05) is 12.1 Å². The maximum atomic E-state index is 11.4. The van der Waals surface area contributed by atoms with E-state index < -0.39 is 12.1 Å². The molecule has 0 spiro atoms. The van der Waals surface area contributed by atoms with Crippen LogP contribution in [0.4, 0.5) is 0 Å². The van der Waals surface area contributed by atoms with E-state index in [0.29, 0.717) is 5.56 Å². The number of carbonyl (C=O) groups excluding carboxylic acids is 1. The van der Waals surface area contributed by atoms with Gasteiger partial charge in [0.2, 0.25) is 0 Å². The third kappa shape index (κ3) is 5.43. The first kappa shape index (κ1) is 15.7. The van der Waals surface area contributed by atoms with Crippen LogP contribution in [0, 0.1) is 0 Å². The first-order chi connectivity index (χ1) is 9.19. The molecule has 1 aromatic rings. The highest BCUT2D eigenvalue weighted by Gasteiger charge is 2.17. The first-order valence-corrected chi connectivity index (χ1v) is 7.12. The number of hydrogen-bond acceptors (Lipinski definition) is 3. The van der Waals surface area contributed by atoms with Crippen molar-refractivity contribution < 1.29 is 14.6 Å². The maximum Gasteiger partial charge on any atom is 0.339 e. The Hall–Kier alpha value is -1.35. The highest BCUT2D eigenvalue weighted by molar-refractivity contribution is 5.76. The molecule has 0 radical (unpaired) electrons. The summed E-state index contributed by atoms with van der Waals surface area (Å²) in [4.78, 5) is 11.4. The van der Waals surface area contributed by atoms with E-state index in [1.165, 1.54) is 31.2 Å². The average molecular weight is 264 g/mol. The Balaban J connectivity index is 2.48. The molecule has 3 nitrogen and oxygen atoms in total. The number of benzene rings is 1. The third-order valence-corrected chi connectivity index (χ3v) is 3.12. The number of aliphatic hydroxyl groups excluding tert-OH is 1. The average Bonchev–Trinajstić information content (AvgIpc) is 2.44. The Kier molecular flexibility index (Phi) is 7.19. The number of unbranched alkanes of at least 4 members (excludes halogenated alkanes) is 3. The maximum absolute atomic E-state index is 11.4. The molecule has 1 aromatic carbocycles. The van der Waals surface area contributed by atoms with Gasteiger partial charge >= 0.3 is 5.97 Å². The molecule has 0 aliphatic heterocycles. The van der Waals surface area contributed by atoms with Gasteiger partial charge in [0.05, 0.1) is 6.61 Å². The van der Waals surface area contributed by atoms with Crippen LogP contribution in [0.3, 0.4) is 0 Å². The van der Waals surface area contributed by atoms with Crippen LogP contribution in [-0.4, -0.2) is 17.7 Å². The summed E-state index contributed by atoms with van der Waals surface area (Å²) >= 11 is 0. The Morgan fingerprint density at radius 2 is 1.84 bits per heavy atom. The molecule has 0 aromatic heterocycles. The van der Waals surface area contributed by atoms with Crippen molar-refractivity contribution in [1.29, 1.82) is 0 Å². The molecular formula is C16H24O3. The molecule has 19 heavy (non-hydrogen) atoms. The second kappa shape index (κ2) is 8.70. The first-order valence-electron chi connectivity index (χ1n) is 7.12. The fourth-order valence-electron chi connectivity index (χ4n) is 1.98. The van der Waals surface area contributed by atoms with E-state index in [1.54, 1.807) is 19.1 Å². The lowest BCUT2D eigenvalue weighted by atomic mass is 10.0. The fraction of sp³-hybridized carbons (Fsp3) is 0.562. The van der Waals surface area contributed by atoms with Crippen molar-refractivity contribution in [2.45, 2.75) is 52.1 Å². The van der Waals surface area contributed by atoms with E-state index in [0.717, 1.165) is 6.42 Å². The molecule has 3 heteroatoms. The number of rotatable bonds is 8. The van der Waals surface area contributed by atoms with Gasteiger partial charge in [-0.25, -0.2) is 4.79 Å². The Morgan fingerprint density at radius 3 is 2.42 bits per heavy atom. The van der Waals surface area contributed by atoms with Gasteiger partial charge in [0.1, 0.15) is 0 Å². The lowest BCUT2D eigenvalue weighted by Crippen LogP contribution is -2.15. The number of aryl methyl sites for hydroxylation is 1. The molecule has 0 fully saturated rings. The summed E-state index contributed by atoms with van der Waals surface area (Å²) < 4.78 is 4.79. The third-order valence-electron chi connectivity index (χ3n) is 3.12. The largest absolute Gasteiger partial charge is 0.464 e. The number of ether oxygens (including phenoxy) is 1. The molecular weight excluding hydrogens is 240 g/mol. The minimum Gasteiger partial charge on any atom is -0.464 e. The summed E-state index contributed by atoms with van der Waals surface area (Å²) in [5.41, 5.74) is 1.84. The Bertz CT molecular complexity index is 370. The van der Waals surface area contributed by atoms with Crippen molar-refractivity contribution in [2.75, 3.05) is 6.61 Å². The highest BCUT2D eigenvalue weighted by Crippen LogP contribution is 2.16. The van der Waals surface area contributed by atoms with E-state index in [-0.39, 0.29) is 6.61 Å². The van der Waals surface area contributed by atoms with Crippen LogP contribution in [0.25, 0.3) is 0 Å². The molecule has 0 saturated carbocycles. The Morgan fingerprint density at radius 1 is 1.16 bits per heavy atom. The summed E-state index contributed by atoms with van der Waals surface area (Å²) in [6.45, 7) is 4.21. The van der Waals surface area contributed by atoms with Gasteiger partial charge < -0.3 is 9.84 Å². The van der Waals surface area contributed by atoms with Gasteiger partial charge in [0, 0.05) is 0 Å². The zero-order valence-corrected chi connectivity index (χ0v) is 11.9. The van der Waals surface area contributed by atoms with E-state index in [2.05, 4.69) is 6.92 Å². The van der Waals surface area contributed by atoms with Crippen LogP contribution in [0.5, 0.6) is 0 Å². The predicted molar refractivity (Wildman–Crippen MR) is 75.9 cm³/mol. The van der Waals surface area contributed by atoms with Crippen molar-refractivity contribution in [2.24, 2.45) is 0 Å². The number of hydrogen-bond donors (Lipinski definition) is 1. The summed E-state index contributed by atoms with van der Waals surface area (Å²) in [5, 5.41) is 9.78. The van der Waals surface area contributed by atoms with Crippen LogP contribution in [-0.2, 0) is 16.0 Å². The minimum atomic E-state index is -1.17. The summed E-state index contributed by atoms with van der Waals surface area (Å²) in [5.74, 6) is -0.585. The van der Waals surface area contributed by atoms with Crippen molar-refractivity contribution >= 4 is 5.97 Å². The smallest absolute Gasteiger partial charge is 0.339 e. The monoisotopic (exact) mass is 264 g/mol.